The Hall–Kier alpha value is -0.470. The predicted octanol–water partition coefficient (Wildman–Crippen LogP) is 2.79. The van der Waals surface area contributed by atoms with Gasteiger partial charge in [-0.2, -0.15) is 0 Å². The quantitative estimate of drug-likeness (QED) is 0.552. The molecule has 0 aliphatic carbocycles. The lowest BCUT2D eigenvalue weighted by Gasteiger charge is -1.97. The van der Waals surface area contributed by atoms with Crippen LogP contribution in [0, 0.1) is 0 Å². The lowest BCUT2D eigenvalue weighted by Crippen LogP contribution is -2.08. The molecule has 0 aromatic rings. The van der Waals surface area contributed by atoms with Crippen LogP contribution in [-0.2, 0) is 4.79 Å². The van der Waals surface area contributed by atoms with E-state index in [1.54, 1.807) is 0 Å². The second kappa shape index (κ2) is 6.25. The highest BCUT2D eigenvalue weighted by Crippen LogP contribution is 2.06. The average Bonchev–Trinajstić information content (AvgIpc) is 1.97. The highest BCUT2D eigenvalue weighted by Gasteiger charge is 2.13. The van der Waals surface area contributed by atoms with Gasteiger partial charge >= 0.3 is 0 Å². The number of Topliss-reactive ketones (excluding diaryl/α,β-unsaturated/α-hetero) is 1. The monoisotopic (exact) mass is 164 g/mol. The predicted molar refractivity (Wildman–Crippen MR) is 39.8 cm³/mol. The van der Waals surface area contributed by atoms with Crippen LogP contribution in [0.4, 0.5) is 8.78 Å². The van der Waals surface area contributed by atoms with Crippen molar-refractivity contribution >= 4 is 5.78 Å². The summed E-state index contributed by atoms with van der Waals surface area (Å²) >= 11 is 0. The Morgan fingerprint density at radius 3 is 2.36 bits per heavy atom. The molecule has 11 heavy (non-hydrogen) atoms. The number of unbranched alkanes of at least 4 members (excludes halogenated alkanes) is 3. The molecule has 0 saturated heterocycles. The third-order valence-electron chi connectivity index (χ3n) is 1.52. The lowest BCUT2D eigenvalue weighted by atomic mass is 10.1. The van der Waals surface area contributed by atoms with E-state index in [9.17, 15) is 13.6 Å². The number of hydrogen-bond acceptors (Lipinski definition) is 1. The summed E-state index contributed by atoms with van der Waals surface area (Å²) in [5.41, 5.74) is 0. The summed E-state index contributed by atoms with van der Waals surface area (Å²) in [6.07, 6.45) is 0.847. The highest BCUT2D eigenvalue weighted by atomic mass is 19.3. The number of halogens is 2. The fraction of sp³-hybridized carbons (Fsp3) is 0.875. The van der Waals surface area contributed by atoms with Crippen LogP contribution in [0.3, 0.4) is 0 Å². The van der Waals surface area contributed by atoms with Gasteiger partial charge < -0.3 is 0 Å². The van der Waals surface area contributed by atoms with Gasteiger partial charge in [-0.1, -0.05) is 26.2 Å². The molecule has 0 radical (unpaired) electrons. The summed E-state index contributed by atoms with van der Waals surface area (Å²) in [4.78, 5) is 10.4. The Kier molecular flexibility index (Phi) is 5.99. The van der Waals surface area contributed by atoms with Crippen molar-refractivity contribution < 1.29 is 13.6 Å². The van der Waals surface area contributed by atoms with Gasteiger partial charge in [0.25, 0.3) is 6.43 Å². The van der Waals surface area contributed by atoms with Crippen molar-refractivity contribution in [2.45, 2.75) is 45.5 Å². The van der Waals surface area contributed by atoms with Crippen molar-refractivity contribution in [1.82, 2.24) is 0 Å². The minimum atomic E-state index is -2.77. The van der Waals surface area contributed by atoms with Crippen molar-refractivity contribution in [3.8, 4) is 0 Å². The van der Waals surface area contributed by atoms with Gasteiger partial charge in [0, 0.05) is 6.42 Å². The van der Waals surface area contributed by atoms with Crippen molar-refractivity contribution in [1.29, 1.82) is 0 Å². The molecule has 0 aromatic carbocycles. The number of rotatable bonds is 6. The Labute approximate surface area is 65.8 Å². The summed E-state index contributed by atoms with van der Waals surface area (Å²) in [7, 11) is 0. The molecule has 0 aromatic heterocycles. The van der Waals surface area contributed by atoms with E-state index in [1.165, 1.54) is 0 Å². The first-order chi connectivity index (χ1) is 5.18. The van der Waals surface area contributed by atoms with Crippen LogP contribution in [0.25, 0.3) is 0 Å². The summed E-state index contributed by atoms with van der Waals surface area (Å²) < 4.78 is 23.2. The van der Waals surface area contributed by atoms with E-state index >= 15 is 0 Å². The fourth-order valence-corrected chi connectivity index (χ4v) is 0.835. The van der Waals surface area contributed by atoms with Crippen LogP contribution in [0.2, 0.25) is 0 Å². The lowest BCUT2D eigenvalue weighted by molar-refractivity contribution is -0.129. The van der Waals surface area contributed by atoms with E-state index in [-0.39, 0.29) is 6.42 Å². The van der Waals surface area contributed by atoms with Crippen molar-refractivity contribution in [2.75, 3.05) is 0 Å². The maximum atomic E-state index is 11.6. The molecule has 1 nitrogen and oxygen atoms in total. The second-order valence-corrected chi connectivity index (χ2v) is 2.58. The molecule has 0 heterocycles. The first-order valence-corrected chi connectivity index (χ1v) is 3.99. The zero-order valence-electron chi connectivity index (χ0n) is 6.78. The summed E-state index contributed by atoms with van der Waals surface area (Å²) in [5.74, 6) is -0.916. The zero-order valence-corrected chi connectivity index (χ0v) is 6.78. The van der Waals surface area contributed by atoms with Crippen LogP contribution >= 0.6 is 0 Å². The van der Waals surface area contributed by atoms with Gasteiger partial charge in [0.1, 0.15) is 0 Å². The largest absolute Gasteiger partial charge is 0.295 e. The number of carbonyl (C=O) groups is 1. The molecule has 0 saturated carbocycles. The van der Waals surface area contributed by atoms with Crippen LogP contribution in [-0.4, -0.2) is 12.2 Å². The summed E-state index contributed by atoms with van der Waals surface area (Å²) in [5, 5.41) is 0. The fourth-order valence-electron chi connectivity index (χ4n) is 0.835. The summed E-state index contributed by atoms with van der Waals surface area (Å²) in [6, 6.07) is 0. The topological polar surface area (TPSA) is 17.1 Å². The maximum absolute atomic E-state index is 11.6. The van der Waals surface area contributed by atoms with Gasteiger partial charge in [-0.05, 0) is 6.42 Å². The number of carbonyl (C=O) groups excluding carboxylic acids is 1. The smallest absolute Gasteiger partial charge is 0.293 e. The first kappa shape index (κ1) is 10.5. The Balaban J connectivity index is 3.18. The number of hydrogen-bond donors (Lipinski definition) is 0. The van der Waals surface area contributed by atoms with E-state index in [0.717, 1.165) is 19.3 Å². The molecule has 0 spiro atoms. The molecular weight excluding hydrogens is 150 g/mol. The van der Waals surface area contributed by atoms with E-state index in [1.807, 2.05) is 6.92 Å². The molecule has 0 aliphatic rings. The molecule has 0 rings (SSSR count). The standard InChI is InChI=1S/C8H14F2O/c1-2-3-4-5-6-7(11)8(9)10/h8H,2-6H2,1H3. The van der Waals surface area contributed by atoms with E-state index in [2.05, 4.69) is 0 Å². The molecule has 0 bridgehead atoms. The second-order valence-electron chi connectivity index (χ2n) is 2.58. The van der Waals surface area contributed by atoms with Crippen LogP contribution in [0.1, 0.15) is 39.0 Å². The normalized spacial score (nSPS) is 10.5. The molecule has 0 N–H and O–H groups in total. The Morgan fingerprint density at radius 1 is 1.27 bits per heavy atom. The SMILES string of the molecule is CCCCCCC(=O)C(F)F. The van der Waals surface area contributed by atoms with Gasteiger partial charge in [0.15, 0.2) is 5.78 Å². The molecule has 0 fully saturated rings. The molecule has 0 unspecified atom stereocenters. The van der Waals surface area contributed by atoms with Gasteiger partial charge in [-0.3, -0.25) is 4.79 Å². The number of ketones is 1. The molecule has 0 atom stereocenters. The van der Waals surface area contributed by atoms with Crippen LogP contribution in [0.5, 0.6) is 0 Å². The Morgan fingerprint density at radius 2 is 1.91 bits per heavy atom. The summed E-state index contributed by atoms with van der Waals surface area (Å²) in [6.45, 7) is 2.04. The van der Waals surface area contributed by atoms with Gasteiger partial charge in [0.2, 0.25) is 0 Å². The van der Waals surface area contributed by atoms with Gasteiger partial charge in [-0.15, -0.1) is 0 Å². The van der Waals surface area contributed by atoms with Gasteiger partial charge in [0.05, 0.1) is 0 Å². The minimum Gasteiger partial charge on any atom is -0.293 e. The number of alkyl halides is 2. The minimum absolute atomic E-state index is 0.0394. The maximum Gasteiger partial charge on any atom is 0.295 e. The molecule has 0 aliphatic heterocycles. The molecule has 66 valence electrons. The molecular formula is C8H14F2O. The third kappa shape index (κ3) is 5.95. The van der Waals surface area contributed by atoms with Crippen molar-refractivity contribution in [3.63, 3.8) is 0 Å². The van der Waals surface area contributed by atoms with Crippen LogP contribution < -0.4 is 0 Å². The molecule has 0 amide bonds. The highest BCUT2D eigenvalue weighted by molar-refractivity contribution is 5.81. The molecule has 3 heteroatoms. The van der Waals surface area contributed by atoms with Crippen LogP contribution in [0.15, 0.2) is 0 Å². The first-order valence-electron chi connectivity index (χ1n) is 3.99. The average molecular weight is 164 g/mol. The van der Waals surface area contributed by atoms with Crippen molar-refractivity contribution in [3.05, 3.63) is 0 Å². The van der Waals surface area contributed by atoms with Crippen molar-refractivity contribution in [2.24, 2.45) is 0 Å². The van der Waals surface area contributed by atoms with E-state index in [4.69, 9.17) is 0 Å². The Bertz CT molecular complexity index is 113. The van der Waals surface area contributed by atoms with E-state index in [0.29, 0.717) is 6.42 Å². The van der Waals surface area contributed by atoms with E-state index < -0.39 is 12.2 Å². The van der Waals surface area contributed by atoms with Gasteiger partial charge in [-0.25, -0.2) is 8.78 Å². The third-order valence-corrected chi connectivity index (χ3v) is 1.52. The zero-order chi connectivity index (χ0) is 8.69.